The van der Waals surface area contributed by atoms with Crippen LogP contribution in [-0.2, 0) is 6.18 Å². The van der Waals surface area contributed by atoms with Crippen LogP contribution in [0.3, 0.4) is 0 Å². The smallest absolute Gasteiger partial charge is 0.371 e. The van der Waals surface area contributed by atoms with Gasteiger partial charge in [0, 0.05) is 30.9 Å². The molecule has 0 radical (unpaired) electrons. The normalized spacial score (nSPS) is 19.4. The van der Waals surface area contributed by atoms with Crippen LogP contribution in [0.2, 0.25) is 0 Å². The molecule has 1 heterocycles. The topological polar surface area (TPSA) is 72.4 Å². The maximum atomic E-state index is 13.1. The molecular formula is C12H14F3N3O2. The molecule has 2 rings (SSSR count). The van der Waals surface area contributed by atoms with E-state index < -0.39 is 22.4 Å². The number of non-ortho nitro benzene ring substituents is 1. The SMILES string of the molecule is NCC1CCN(c2ccc([N+](=O)[O-])cc2C(F)(F)F)C1. The Morgan fingerprint density at radius 1 is 1.45 bits per heavy atom. The number of benzene rings is 1. The van der Waals surface area contributed by atoms with Crippen LogP contribution in [-0.4, -0.2) is 24.6 Å². The van der Waals surface area contributed by atoms with Crippen molar-refractivity contribution >= 4 is 11.4 Å². The molecule has 1 fully saturated rings. The first-order chi connectivity index (χ1) is 9.32. The number of halogens is 3. The van der Waals surface area contributed by atoms with E-state index in [-0.39, 0.29) is 11.6 Å². The molecule has 1 unspecified atom stereocenters. The average molecular weight is 289 g/mol. The van der Waals surface area contributed by atoms with Gasteiger partial charge in [0.05, 0.1) is 10.5 Å². The predicted molar refractivity (Wildman–Crippen MR) is 67.5 cm³/mol. The minimum Gasteiger partial charge on any atom is -0.371 e. The zero-order valence-corrected chi connectivity index (χ0v) is 10.6. The Balaban J connectivity index is 2.40. The highest BCUT2D eigenvalue weighted by Gasteiger charge is 2.37. The van der Waals surface area contributed by atoms with E-state index in [4.69, 9.17) is 5.73 Å². The third kappa shape index (κ3) is 2.84. The summed E-state index contributed by atoms with van der Waals surface area (Å²) in [6.07, 6.45) is -3.90. The van der Waals surface area contributed by atoms with Gasteiger partial charge >= 0.3 is 6.18 Å². The van der Waals surface area contributed by atoms with Crippen molar-refractivity contribution in [3.63, 3.8) is 0 Å². The molecule has 1 aromatic carbocycles. The number of nitrogens with zero attached hydrogens (tertiary/aromatic N) is 2. The van der Waals surface area contributed by atoms with Crippen LogP contribution in [0.4, 0.5) is 24.5 Å². The van der Waals surface area contributed by atoms with Crippen LogP contribution in [0.25, 0.3) is 0 Å². The lowest BCUT2D eigenvalue weighted by Crippen LogP contribution is -2.25. The molecule has 20 heavy (non-hydrogen) atoms. The fourth-order valence-corrected chi connectivity index (χ4v) is 2.38. The van der Waals surface area contributed by atoms with E-state index in [9.17, 15) is 23.3 Å². The Hall–Kier alpha value is -1.83. The third-order valence-corrected chi connectivity index (χ3v) is 3.46. The summed E-state index contributed by atoms with van der Waals surface area (Å²) in [5.74, 6) is 0.159. The summed E-state index contributed by atoms with van der Waals surface area (Å²) in [5, 5.41) is 10.6. The van der Waals surface area contributed by atoms with Crippen molar-refractivity contribution in [3.8, 4) is 0 Å². The predicted octanol–water partition coefficient (Wildman–Crippen LogP) is 2.40. The number of nitrogens with two attached hydrogens (primary N) is 1. The summed E-state index contributed by atoms with van der Waals surface area (Å²) in [5.41, 5.74) is 3.98. The van der Waals surface area contributed by atoms with Crippen LogP contribution < -0.4 is 10.6 Å². The summed E-state index contributed by atoms with van der Waals surface area (Å²) in [7, 11) is 0. The molecule has 0 aliphatic carbocycles. The van der Waals surface area contributed by atoms with Crippen molar-refractivity contribution in [2.45, 2.75) is 12.6 Å². The molecule has 1 aliphatic heterocycles. The molecule has 8 heteroatoms. The molecule has 1 aromatic rings. The summed E-state index contributed by atoms with van der Waals surface area (Å²) in [4.78, 5) is 11.4. The van der Waals surface area contributed by atoms with Gasteiger partial charge < -0.3 is 10.6 Å². The van der Waals surface area contributed by atoms with Crippen LogP contribution in [0, 0.1) is 16.0 Å². The van der Waals surface area contributed by atoms with Gasteiger partial charge in [-0.05, 0) is 24.9 Å². The Kier molecular flexibility index (Phi) is 3.85. The highest BCUT2D eigenvalue weighted by Crippen LogP contribution is 2.40. The lowest BCUT2D eigenvalue weighted by Gasteiger charge is -2.23. The molecule has 1 atom stereocenters. The standard InChI is InChI=1S/C12H14F3N3O2/c13-12(14,15)10-5-9(18(19)20)1-2-11(10)17-4-3-8(6-16)7-17/h1-2,5,8H,3-4,6-7,16H2. The summed E-state index contributed by atoms with van der Waals surface area (Å²) < 4.78 is 39.2. The Bertz CT molecular complexity index is 519. The Morgan fingerprint density at radius 3 is 2.65 bits per heavy atom. The first-order valence-electron chi connectivity index (χ1n) is 6.13. The zero-order valence-electron chi connectivity index (χ0n) is 10.6. The molecule has 0 spiro atoms. The van der Waals surface area contributed by atoms with Gasteiger partial charge in [0.15, 0.2) is 0 Å². The van der Waals surface area contributed by atoms with Crippen LogP contribution >= 0.6 is 0 Å². The summed E-state index contributed by atoms with van der Waals surface area (Å²) in [6, 6.07) is 2.85. The summed E-state index contributed by atoms with van der Waals surface area (Å²) >= 11 is 0. The summed E-state index contributed by atoms with van der Waals surface area (Å²) in [6.45, 7) is 1.34. The van der Waals surface area contributed by atoms with Crippen molar-refractivity contribution < 1.29 is 18.1 Å². The maximum Gasteiger partial charge on any atom is 0.418 e. The first-order valence-corrected chi connectivity index (χ1v) is 6.13. The number of rotatable bonds is 3. The molecule has 110 valence electrons. The zero-order chi connectivity index (χ0) is 14.9. The fraction of sp³-hybridized carbons (Fsp3) is 0.500. The van der Waals surface area contributed by atoms with Crippen LogP contribution in [0.1, 0.15) is 12.0 Å². The lowest BCUT2D eigenvalue weighted by molar-refractivity contribution is -0.385. The third-order valence-electron chi connectivity index (χ3n) is 3.46. The van der Waals surface area contributed by atoms with E-state index >= 15 is 0 Å². The van der Waals surface area contributed by atoms with E-state index in [0.29, 0.717) is 25.7 Å². The van der Waals surface area contributed by atoms with E-state index in [1.165, 1.54) is 6.07 Å². The Morgan fingerprint density at radius 2 is 2.15 bits per heavy atom. The number of alkyl halides is 3. The number of hydrogen-bond donors (Lipinski definition) is 1. The average Bonchev–Trinajstić information content (AvgIpc) is 2.85. The molecular weight excluding hydrogens is 275 g/mol. The molecule has 0 aromatic heterocycles. The van der Waals surface area contributed by atoms with Crippen molar-refractivity contribution in [2.75, 3.05) is 24.5 Å². The van der Waals surface area contributed by atoms with Gasteiger partial charge in [0.1, 0.15) is 0 Å². The first kappa shape index (κ1) is 14.6. The fourth-order valence-electron chi connectivity index (χ4n) is 2.38. The maximum absolute atomic E-state index is 13.1. The monoisotopic (exact) mass is 289 g/mol. The highest BCUT2D eigenvalue weighted by molar-refractivity contribution is 5.59. The van der Waals surface area contributed by atoms with Crippen LogP contribution in [0.5, 0.6) is 0 Å². The van der Waals surface area contributed by atoms with Crippen molar-refractivity contribution in [1.29, 1.82) is 0 Å². The van der Waals surface area contributed by atoms with Gasteiger partial charge in [-0.3, -0.25) is 10.1 Å². The van der Waals surface area contributed by atoms with E-state index in [1.807, 2.05) is 0 Å². The van der Waals surface area contributed by atoms with Crippen molar-refractivity contribution in [1.82, 2.24) is 0 Å². The number of anilines is 1. The van der Waals surface area contributed by atoms with Crippen molar-refractivity contribution in [3.05, 3.63) is 33.9 Å². The van der Waals surface area contributed by atoms with Gasteiger partial charge in [-0.15, -0.1) is 0 Å². The van der Waals surface area contributed by atoms with Crippen LogP contribution in [0.15, 0.2) is 18.2 Å². The van der Waals surface area contributed by atoms with Gasteiger partial charge in [-0.2, -0.15) is 13.2 Å². The Labute approximate surface area is 113 Å². The van der Waals surface area contributed by atoms with Crippen molar-refractivity contribution in [2.24, 2.45) is 11.7 Å². The van der Waals surface area contributed by atoms with Gasteiger partial charge in [-0.1, -0.05) is 0 Å². The van der Waals surface area contributed by atoms with E-state index in [2.05, 4.69) is 0 Å². The highest BCUT2D eigenvalue weighted by atomic mass is 19.4. The molecule has 5 nitrogen and oxygen atoms in total. The van der Waals surface area contributed by atoms with Gasteiger partial charge in [-0.25, -0.2) is 0 Å². The minimum absolute atomic E-state index is 0.0148. The largest absolute Gasteiger partial charge is 0.418 e. The second kappa shape index (κ2) is 5.28. The molecule has 0 amide bonds. The second-order valence-corrected chi connectivity index (χ2v) is 4.79. The van der Waals surface area contributed by atoms with E-state index in [0.717, 1.165) is 12.5 Å². The second-order valence-electron chi connectivity index (χ2n) is 4.79. The lowest BCUT2D eigenvalue weighted by atomic mass is 10.1. The number of hydrogen-bond acceptors (Lipinski definition) is 4. The van der Waals surface area contributed by atoms with Gasteiger partial charge in [0.2, 0.25) is 0 Å². The quantitative estimate of drug-likeness (QED) is 0.685. The molecule has 1 aliphatic rings. The molecule has 1 saturated heterocycles. The number of nitro benzene ring substituents is 1. The molecule has 2 N–H and O–H groups in total. The molecule has 0 saturated carbocycles. The minimum atomic E-state index is -4.62. The van der Waals surface area contributed by atoms with E-state index in [1.54, 1.807) is 4.90 Å². The van der Waals surface area contributed by atoms with Gasteiger partial charge in [0.25, 0.3) is 5.69 Å². The molecule has 0 bridgehead atoms. The number of nitro groups is 1.